The summed E-state index contributed by atoms with van der Waals surface area (Å²) < 4.78 is 12.4. The van der Waals surface area contributed by atoms with Crippen LogP contribution in [0.4, 0.5) is 0 Å². The van der Waals surface area contributed by atoms with E-state index in [1.165, 1.54) is 0 Å². The molecule has 1 aliphatic heterocycles. The van der Waals surface area contributed by atoms with Gasteiger partial charge in [0.05, 0.1) is 18.9 Å². The predicted molar refractivity (Wildman–Crippen MR) is 67.6 cm³/mol. The van der Waals surface area contributed by atoms with Gasteiger partial charge >= 0.3 is 0 Å². The molecule has 2 heterocycles. The van der Waals surface area contributed by atoms with E-state index in [0.717, 1.165) is 0 Å². The van der Waals surface area contributed by atoms with Crippen molar-refractivity contribution in [3.63, 3.8) is 0 Å². The molecule has 0 amide bonds. The molecule has 1 aromatic heterocycles. The largest absolute Gasteiger partial charge is 0.388 e. The molecule has 0 spiro atoms. The van der Waals surface area contributed by atoms with E-state index in [1.54, 1.807) is 17.8 Å². The Morgan fingerprint density at radius 3 is 2.60 bits per heavy atom. The number of rotatable bonds is 4. The van der Waals surface area contributed by atoms with Crippen LogP contribution >= 0.6 is 0 Å². The van der Waals surface area contributed by atoms with Gasteiger partial charge < -0.3 is 24.8 Å². The minimum absolute atomic E-state index is 0.101. The summed E-state index contributed by atoms with van der Waals surface area (Å²) in [7, 11) is 0. The number of aromatic nitrogens is 3. The van der Waals surface area contributed by atoms with Crippen LogP contribution in [0.1, 0.15) is 32.5 Å². The smallest absolute Gasteiger partial charge is 0.186 e. The summed E-state index contributed by atoms with van der Waals surface area (Å²) in [4.78, 5) is 0. The minimum atomic E-state index is -1.30. The van der Waals surface area contributed by atoms with Crippen molar-refractivity contribution >= 4 is 0 Å². The molecule has 1 saturated heterocycles. The van der Waals surface area contributed by atoms with Crippen molar-refractivity contribution in [2.75, 3.05) is 0 Å². The number of hydrogen-bond donors (Lipinski definition) is 3. The first-order chi connectivity index (χ1) is 9.40. The lowest BCUT2D eigenvalue weighted by molar-refractivity contribution is -0.296. The highest BCUT2D eigenvalue weighted by Crippen LogP contribution is 2.22. The molecule has 5 atom stereocenters. The fourth-order valence-electron chi connectivity index (χ4n) is 1.95. The maximum atomic E-state index is 9.80. The highest BCUT2D eigenvalue weighted by Gasteiger charge is 2.42. The van der Waals surface area contributed by atoms with E-state index in [9.17, 15) is 15.3 Å². The molecule has 1 fully saturated rings. The molecular weight excluding hydrogens is 266 g/mol. The second-order valence-electron chi connectivity index (χ2n) is 5.28. The van der Waals surface area contributed by atoms with E-state index in [2.05, 4.69) is 10.3 Å². The number of nitrogens with zero attached hydrogens (tertiary/aromatic N) is 3. The van der Waals surface area contributed by atoms with Crippen molar-refractivity contribution in [3.8, 4) is 0 Å². The summed E-state index contributed by atoms with van der Waals surface area (Å²) in [6.45, 7) is 5.66. The van der Waals surface area contributed by atoms with Crippen LogP contribution in [-0.2, 0) is 16.1 Å². The molecule has 8 heteroatoms. The average Bonchev–Trinajstić information content (AvgIpc) is 2.88. The number of hydrogen-bond acceptors (Lipinski definition) is 7. The SMILES string of the molecule is CC1O[C@@H](OCc2cn(C(C)C)nn2)C(O)C(O)[C@@H]1O. The molecule has 3 N–H and O–H groups in total. The van der Waals surface area contributed by atoms with Gasteiger partial charge in [0.25, 0.3) is 0 Å². The van der Waals surface area contributed by atoms with E-state index < -0.39 is 30.7 Å². The lowest BCUT2D eigenvalue weighted by Gasteiger charge is -2.38. The molecular formula is C12H21N3O5. The van der Waals surface area contributed by atoms with Gasteiger partial charge in [-0.25, -0.2) is 4.68 Å². The van der Waals surface area contributed by atoms with Gasteiger partial charge in [0.2, 0.25) is 0 Å². The lowest BCUT2D eigenvalue weighted by atomic mass is 10.0. The zero-order valence-electron chi connectivity index (χ0n) is 11.7. The van der Waals surface area contributed by atoms with Crippen molar-refractivity contribution in [2.24, 2.45) is 0 Å². The molecule has 1 aromatic rings. The Hall–Kier alpha value is -1.06. The van der Waals surface area contributed by atoms with Crippen LogP contribution in [0.3, 0.4) is 0 Å². The molecule has 0 bridgehead atoms. The second-order valence-corrected chi connectivity index (χ2v) is 5.28. The Bertz CT molecular complexity index is 438. The molecule has 20 heavy (non-hydrogen) atoms. The summed E-state index contributed by atoms with van der Waals surface area (Å²) in [5.41, 5.74) is 0.600. The molecule has 0 aliphatic carbocycles. The maximum Gasteiger partial charge on any atom is 0.186 e. The fourth-order valence-corrected chi connectivity index (χ4v) is 1.95. The Morgan fingerprint density at radius 2 is 2.00 bits per heavy atom. The zero-order valence-corrected chi connectivity index (χ0v) is 11.7. The van der Waals surface area contributed by atoms with Gasteiger partial charge in [-0.05, 0) is 20.8 Å². The first kappa shape index (κ1) is 15.3. The molecule has 0 aromatic carbocycles. The molecule has 0 radical (unpaired) electrons. The van der Waals surface area contributed by atoms with Crippen molar-refractivity contribution in [3.05, 3.63) is 11.9 Å². The number of ether oxygens (including phenoxy) is 2. The quantitative estimate of drug-likeness (QED) is 0.665. The Kier molecular flexibility index (Phi) is 4.71. The highest BCUT2D eigenvalue weighted by atomic mass is 16.7. The van der Waals surface area contributed by atoms with Crippen molar-refractivity contribution in [1.29, 1.82) is 0 Å². The van der Waals surface area contributed by atoms with Crippen LogP contribution in [0.2, 0.25) is 0 Å². The van der Waals surface area contributed by atoms with Crippen LogP contribution in [-0.4, -0.2) is 61.0 Å². The third kappa shape index (κ3) is 3.15. The van der Waals surface area contributed by atoms with Crippen molar-refractivity contribution < 1.29 is 24.8 Å². The van der Waals surface area contributed by atoms with Crippen molar-refractivity contribution in [1.82, 2.24) is 15.0 Å². The molecule has 114 valence electrons. The predicted octanol–water partition coefficient (Wildman–Crippen LogP) is -0.797. The van der Waals surface area contributed by atoms with Crippen LogP contribution < -0.4 is 0 Å². The van der Waals surface area contributed by atoms with E-state index in [0.29, 0.717) is 5.69 Å². The van der Waals surface area contributed by atoms with Gasteiger partial charge in [-0.2, -0.15) is 0 Å². The van der Waals surface area contributed by atoms with Crippen LogP contribution in [0, 0.1) is 0 Å². The van der Waals surface area contributed by atoms with Gasteiger partial charge in [0.15, 0.2) is 6.29 Å². The number of aliphatic hydroxyl groups excluding tert-OH is 3. The molecule has 2 rings (SSSR count). The van der Waals surface area contributed by atoms with Crippen LogP contribution in [0.25, 0.3) is 0 Å². The third-order valence-corrected chi connectivity index (χ3v) is 3.29. The summed E-state index contributed by atoms with van der Waals surface area (Å²) in [6.07, 6.45) is -3.62. The lowest BCUT2D eigenvalue weighted by Crippen LogP contribution is -2.57. The molecule has 3 unspecified atom stereocenters. The first-order valence-corrected chi connectivity index (χ1v) is 6.62. The van der Waals surface area contributed by atoms with Gasteiger partial charge in [-0.1, -0.05) is 5.21 Å². The van der Waals surface area contributed by atoms with E-state index in [4.69, 9.17) is 9.47 Å². The fraction of sp³-hybridized carbons (Fsp3) is 0.833. The van der Waals surface area contributed by atoms with Gasteiger partial charge in [0, 0.05) is 6.04 Å². The van der Waals surface area contributed by atoms with E-state index >= 15 is 0 Å². The zero-order chi connectivity index (χ0) is 14.9. The van der Waals surface area contributed by atoms with Crippen molar-refractivity contribution in [2.45, 2.75) is 64.1 Å². The number of aliphatic hydroxyl groups is 3. The standard InChI is InChI=1S/C12H21N3O5/c1-6(2)15-4-8(13-14-15)5-19-12-11(18)10(17)9(16)7(3)20-12/h4,6-7,9-12,16-18H,5H2,1-3H3/t7?,9-,10?,11?,12-/m1/s1. The van der Waals surface area contributed by atoms with E-state index in [-0.39, 0.29) is 12.6 Å². The summed E-state index contributed by atoms with van der Waals surface area (Å²) in [6, 6.07) is 0.199. The summed E-state index contributed by atoms with van der Waals surface area (Å²) in [5.74, 6) is 0. The normalized spacial score (nSPS) is 34.6. The third-order valence-electron chi connectivity index (χ3n) is 3.29. The molecule has 1 aliphatic rings. The van der Waals surface area contributed by atoms with Gasteiger partial charge in [-0.3, -0.25) is 0 Å². The highest BCUT2D eigenvalue weighted by molar-refractivity contribution is 4.92. The average molecular weight is 287 g/mol. The molecule has 8 nitrogen and oxygen atoms in total. The topological polar surface area (TPSA) is 110 Å². The van der Waals surface area contributed by atoms with Crippen LogP contribution in [0.5, 0.6) is 0 Å². The molecule has 0 saturated carbocycles. The van der Waals surface area contributed by atoms with Gasteiger partial charge in [-0.15, -0.1) is 5.10 Å². The van der Waals surface area contributed by atoms with Gasteiger partial charge in [0.1, 0.15) is 24.0 Å². The van der Waals surface area contributed by atoms with Crippen LogP contribution in [0.15, 0.2) is 6.20 Å². The Morgan fingerprint density at radius 1 is 1.30 bits per heavy atom. The first-order valence-electron chi connectivity index (χ1n) is 6.62. The maximum absolute atomic E-state index is 9.80. The second kappa shape index (κ2) is 6.15. The minimum Gasteiger partial charge on any atom is -0.388 e. The van der Waals surface area contributed by atoms with E-state index in [1.807, 2.05) is 13.8 Å². The summed E-state index contributed by atoms with van der Waals surface area (Å²) in [5, 5.41) is 36.9. The Labute approximate surface area is 116 Å². The Balaban J connectivity index is 1.92. The summed E-state index contributed by atoms with van der Waals surface area (Å²) >= 11 is 0. The monoisotopic (exact) mass is 287 g/mol.